The average molecular weight is 897 g/mol. The topological polar surface area (TPSA) is 6.48 Å². The summed E-state index contributed by atoms with van der Waals surface area (Å²) in [7, 11) is 0. The summed E-state index contributed by atoms with van der Waals surface area (Å²) in [6.45, 7) is 9.64. The average Bonchev–Trinajstić information content (AvgIpc) is 3.41. The summed E-state index contributed by atoms with van der Waals surface area (Å²) in [5.74, 6) is 0. The van der Waals surface area contributed by atoms with Crippen LogP contribution >= 0.6 is 0 Å². The first kappa shape index (κ1) is 41.7. The Morgan fingerprint density at radius 1 is 0.271 bits per heavy atom. The first-order chi connectivity index (χ1) is 34.3. The smallest absolute Gasteiger partial charge is 0.0508 e. The second-order valence-corrected chi connectivity index (χ2v) is 20.0. The van der Waals surface area contributed by atoms with Gasteiger partial charge in [-0.05, 0) is 143 Å². The lowest BCUT2D eigenvalue weighted by molar-refractivity contribution is 0.633. The molecular weight excluding hydrogens is 845 g/mol. The van der Waals surface area contributed by atoms with Gasteiger partial charge < -0.3 is 9.80 Å². The highest BCUT2D eigenvalue weighted by Crippen LogP contribution is 2.58. The third kappa shape index (κ3) is 6.26. The Hall–Kier alpha value is -8.46. The van der Waals surface area contributed by atoms with Crippen molar-refractivity contribution in [3.63, 3.8) is 0 Å². The zero-order chi connectivity index (χ0) is 47.1. The van der Waals surface area contributed by atoms with Crippen molar-refractivity contribution < 1.29 is 0 Å². The molecule has 70 heavy (non-hydrogen) atoms. The van der Waals surface area contributed by atoms with Crippen molar-refractivity contribution in [3.05, 3.63) is 265 Å². The summed E-state index contributed by atoms with van der Waals surface area (Å²) in [4.78, 5) is 4.94. The van der Waals surface area contributed by atoms with E-state index in [2.05, 4.69) is 280 Å². The van der Waals surface area contributed by atoms with Crippen LogP contribution in [-0.4, -0.2) is 0 Å². The van der Waals surface area contributed by atoms with E-state index in [9.17, 15) is 0 Å². The molecule has 0 atom stereocenters. The molecule has 13 rings (SSSR count). The van der Waals surface area contributed by atoms with E-state index < -0.39 is 0 Å². The number of hydrogen-bond donors (Lipinski definition) is 0. The molecule has 0 bridgehead atoms. The lowest BCUT2D eigenvalue weighted by Gasteiger charge is -2.43. The zero-order valence-electron chi connectivity index (χ0n) is 40.0. The molecule has 2 heteroatoms. The fourth-order valence-electron chi connectivity index (χ4n) is 12.3. The Balaban J connectivity index is 1.14. The van der Waals surface area contributed by atoms with E-state index in [0.29, 0.717) is 0 Å². The van der Waals surface area contributed by atoms with Gasteiger partial charge in [-0.15, -0.1) is 0 Å². The Morgan fingerprint density at radius 2 is 0.629 bits per heavy atom. The molecule has 0 radical (unpaired) electrons. The quantitative estimate of drug-likeness (QED) is 0.153. The molecule has 334 valence electrons. The second kappa shape index (κ2) is 16.1. The molecule has 0 saturated carbocycles. The number of hydrogen-bond acceptors (Lipinski definition) is 2. The van der Waals surface area contributed by atoms with Crippen molar-refractivity contribution in [1.29, 1.82) is 0 Å². The van der Waals surface area contributed by atoms with E-state index in [1.165, 1.54) is 111 Å². The van der Waals surface area contributed by atoms with Gasteiger partial charge in [0.05, 0.1) is 22.7 Å². The van der Waals surface area contributed by atoms with Crippen molar-refractivity contribution in [2.75, 3.05) is 9.80 Å². The Kier molecular flexibility index (Phi) is 9.58. The van der Waals surface area contributed by atoms with Crippen LogP contribution in [0.2, 0.25) is 0 Å². The van der Waals surface area contributed by atoms with Gasteiger partial charge in [-0.1, -0.05) is 216 Å². The zero-order valence-corrected chi connectivity index (χ0v) is 40.0. The molecule has 11 aromatic rings. The summed E-state index contributed by atoms with van der Waals surface area (Å²) in [6, 6.07) is 90.0. The summed E-state index contributed by atoms with van der Waals surface area (Å²) in [5.41, 5.74) is 21.6. The molecule has 2 aliphatic rings. The lowest BCUT2D eigenvalue weighted by Crippen LogP contribution is -2.31. The van der Waals surface area contributed by atoms with E-state index in [1.54, 1.807) is 0 Å². The highest BCUT2D eigenvalue weighted by Gasteiger charge is 2.41. The standard InChI is InChI=1S/C68H52N2/c1-67(2)58-38-16-18-40-60(58)69(46-26-10-6-11-27-46)62-42-22-36-54(65(62)67)49-32-20-34-52-56(49)44-57-50(33-21-35-53(57)64(52)51-31-15-14-30-48(51)45-24-8-5-9-25-45)55-37-23-43-63-66(55)68(3,4)59-39-17-19-41-61(59)70(63)47-28-12-7-13-29-47/h5-44H,1-4H3. The predicted octanol–water partition coefficient (Wildman–Crippen LogP) is 18.9. The Morgan fingerprint density at radius 3 is 1.11 bits per heavy atom. The number of fused-ring (bicyclic) bond motifs is 6. The van der Waals surface area contributed by atoms with Gasteiger partial charge in [0, 0.05) is 22.2 Å². The van der Waals surface area contributed by atoms with Crippen molar-refractivity contribution >= 4 is 55.7 Å². The molecule has 2 aliphatic heterocycles. The fourth-order valence-corrected chi connectivity index (χ4v) is 12.3. The van der Waals surface area contributed by atoms with Gasteiger partial charge in [-0.25, -0.2) is 0 Å². The number of rotatable bonds is 6. The van der Waals surface area contributed by atoms with Crippen molar-refractivity contribution in [2.45, 2.75) is 38.5 Å². The molecule has 0 aliphatic carbocycles. The minimum atomic E-state index is -0.309. The Bertz CT molecular complexity index is 3620. The van der Waals surface area contributed by atoms with Crippen LogP contribution in [0.25, 0.3) is 66.1 Å². The monoisotopic (exact) mass is 896 g/mol. The largest absolute Gasteiger partial charge is 0.310 e. The lowest BCUT2D eigenvalue weighted by atomic mass is 9.70. The number of benzene rings is 11. The molecule has 11 aromatic carbocycles. The maximum absolute atomic E-state index is 2.53. The van der Waals surface area contributed by atoms with Crippen molar-refractivity contribution in [2.24, 2.45) is 0 Å². The number of nitrogens with zero attached hydrogens (tertiary/aromatic N) is 2. The molecule has 0 spiro atoms. The van der Waals surface area contributed by atoms with Crippen LogP contribution in [0.4, 0.5) is 34.1 Å². The molecule has 0 saturated heterocycles. The van der Waals surface area contributed by atoms with Gasteiger partial charge in [0.2, 0.25) is 0 Å². The van der Waals surface area contributed by atoms with Crippen LogP contribution < -0.4 is 9.80 Å². The van der Waals surface area contributed by atoms with Crippen molar-refractivity contribution in [1.82, 2.24) is 0 Å². The fraction of sp³-hybridized carbons (Fsp3) is 0.0882. The maximum Gasteiger partial charge on any atom is 0.0508 e. The van der Waals surface area contributed by atoms with E-state index in [0.717, 1.165) is 11.4 Å². The van der Waals surface area contributed by atoms with Crippen LogP contribution in [0, 0.1) is 0 Å². The second-order valence-electron chi connectivity index (χ2n) is 20.0. The highest BCUT2D eigenvalue weighted by molar-refractivity contribution is 6.21. The minimum absolute atomic E-state index is 0.309. The molecule has 0 fully saturated rings. The van der Waals surface area contributed by atoms with Crippen LogP contribution in [-0.2, 0) is 10.8 Å². The van der Waals surface area contributed by atoms with E-state index in [4.69, 9.17) is 0 Å². The van der Waals surface area contributed by atoms with Gasteiger partial charge in [-0.2, -0.15) is 0 Å². The number of anilines is 6. The third-order valence-corrected chi connectivity index (χ3v) is 15.4. The number of para-hydroxylation sites is 4. The summed E-state index contributed by atoms with van der Waals surface area (Å²) >= 11 is 0. The first-order valence-corrected chi connectivity index (χ1v) is 24.6. The van der Waals surface area contributed by atoms with Crippen LogP contribution in [0.15, 0.2) is 243 Å². The van der Waals surface area contributed by atoms with Crippen molar-refractivity contribution in [3.8, 4) is 44.5 Å². The molecule has 0 N–H and O–H groups in total. The van der Waals surface area contributed by atoms with Gasteiger partial charge in [0.1, 0.15) is 0 Å². The van der Waals surface area contributed by atoms with Gasteiger partial charge in [0.15, 0.2) is 0 Å². The summed E-state index contributed by atoms with van der Waals surface area (Å²) in [5, 5.41) is 4.93. The molecule has 0 aromatic heterocycles. The normalized spacial score (nSPS) is 14.2. The minimum Gasteiger partial charge on any atom is -0.310 e. The summed E-state index contributed by atoms with van der Waals surface area (Å²) < 4.78 is 0. The molecular formula is C68H52N2. The van der Waals surface area contributed by atoms with Gasteiger partial charge in [-0.3, -0.25) is 0 Å². The third-order valence-electron chi connectivity index (χ3n) is 15.4. The van der Waals surface area contributed by atoms with E-state index in [1.807, 2.05) is 0 Å². The van der Waals surface area contributed by atoms with E-state index >= 15 is 0 Å². The van der Waals surface area contributed by atoms with E-state index in [-0.39, 0.29) is 10.8 Å². The maximum atomic E-state index is 2.53. The van der Waals surface area contributed by atoms with Crippen LogP contribution in [0.5, 0.6) is 0 Å². The summed E-state index contributed by atoms with van der Waals surface area (Å²) in [6.07, 6.45) is 0. The van der Waals surface area contributed by atoms with Crippen LogP contribution in [0.1, 0.15) is 49.9 Å². The molecule has 2 nitrogen and oxygen atoms in total. The first-order valence-electron chi connectivity index (χ1n) is 24.6. The predicted molar refractivity (Wildman–Crippen MR) is 297 cm³/mol. The Labute approximate surface area is 411 Å². The molecule has 0 amide bonds. The van der Waals surface area contributed by atoms with Crippen LogP contribution in [0.3, 0.4) is 0 Å². The highest BCUT2D eigenvalue weighted by atomic mass is 15.2. The molecule has 0 unspecified atom stereocenters. The van der Waals surface area contributed by atoms with Gasteiger partial charge in [0.25, 0.3) is 0 Å². The SMILES string of the molecule is CC1(C)c2ccccc2N(c2ccccc2)c2cccc(-c3cccc4c(-c5ccccc5-c5ccccc5)c5cccc(-c6cccc7c6C(C)(C)c6ccccc6N7c6ccccc6)c5cc34)c21. The van der Waals surface area contributed by atoms with Gasteiger partial charge >= 0.3 is 0 Å². The molecule has 2 heterocycles.